The van der Waals surface area contributed by atoms with Crippen molar-refractivity contribution in [3.63, 3.8) is 0 Å². The first kappa shape index (κ1) is 21.2. The van der Waals surface area contributed by atoms with Gasteiger partial charge in [-0.2, -0.15) is 0 Å². The average molecular weight is 490 g/mol. The van der Waals surface area contributed by atoms with Crippen LogP contribution < -0.4 is 9.64 Å². The number of fused-ring (bicyclic) bond motifs is 1. The summed E-state index contributed by atoms with van der Waals surface area (Å²) in [6.07, 6.45) is 0.870. The topological polar surface area (TPSA) is 54.9 Å². The van der Waals surface area contributed by atoms with Crippen LogP contribution in [0.15, 0.2) is 46.9 Å². The Hall–Kier alpha value is -2.00. The summed E-state index contributed by atoms with van der Waals surface area (Å²) in [4.78, 5) is 22.4. The average Bonchev–Trinajstić information content (AvgIpc) is 3.20. The number of morpholine rings is 1. The van der Waals surface area contributed by atoms with Gasteiger partial charge in [0.1, 0.15) is 5.75 Å². The van der Waals surface area contributed by atoms with Crippen LogP contribution in [0.2, 0.25) is 0 Å². The summed E-state index contributed by atoms with van der Waals surface area (Å²) in [6, 6.07) is 13.3. The monoisotopic (exact) mass is 489 g/mol. The molecule has 2 aromatic carbocycles. The van der Waals surface area contributed by atoms with Gasteiger partial charge >= 0.3 is 0 Å². The molecule has 1 aliphatic rings. The highest BCUT2D eigenvalue weighted by Crippen LogP contribution is 2.32. The molecule has 158 valence electrons. The van der Waals surface area contributed by atoms with E-state index in [9.17, 15) is 4.79 Å². The maximum Gasteiger partial charge on any atom is 0.261 e. The van der Waals surface area contributed by atoms with Crippen LogP contribution in [-0.2, 0) is 4.74 Å². The molecule has 1 fully saturated rings. The second-order valence-electron chi connectivity index (χ2n) is 7.07. The third-order valence-corrected chi connectivity index (χ3v) is 6.87. The van der Waals surface area contributed by atoms with Gasteiger partial charge in [-0.3, -0.25) is 14.6 Å². The molecule has 0 radical (unpaired) electrons. The van der Waals surface area contributed by atoms with Gasteiger partial charge in [-0.1, -0.05) is 23.5 Å². The van der Waals surface area contributed by atoms with Gasteiger partial charge in [-0.25, -0.2) is 4.98 Å². The van der Waals surface area contributed by atoms with E-state index in [4.69, 9.17) is 14.5 Å². The largest absolute Gasteiger partial charge is 0.497 e. The standard InChI is InChI=1S/C22H24BrN3O3S/c1-28-16-7-8-20-19(15-16)24-22(30-20)26(10-4-9-25-11-13-29-14-12-25)21(27)17-5-2-3-6-18(17)23/h2-3,5-8,15H,4,9-14H2,1H3. The molecule has 1 saturated heterocycles. The van der Waals surface area contributed by atoms with E-state index in [2.05, 4.69) is 20.8 Å². The molecule has 6 nitrogen and oxygen atoms in total. The lowest BCUT2D eigenvalue weighted by Gasteiger charge is -2.27. The molecule has 1 aliphatic heterocycles. The quantitative estimate of drug-likeness (QED) is 0.491. The molecule has 0 bridgehead atoms. The lowest BCUT2D eigenvalue weighted by atomic mass is 10.2. The Morgan fingerprint density at radius 3 is 2.83 bits per heavy atom. The van der Waals surface area contributed by atoms with E-state index in [1.54, 1.807) is 12.0 Å². The number of rotatable bonds is 7. The highest BCUT2D eigenvalue weighted by atomic mass is 79.9. The molecule has 30 heavy (non-hydrogen) atoms. The number of anilines is 1. The fraction of sp³-hybridized carbons (Fsp3) is 0.364. The maximum atomic E-state index is 13.5. The number of carbonyl (C=O) groups is 1. The van der Waals surface area contributed by atoms with Crippen LogP contribution in [0.3, 0.4) is 0 Å². The molecule has 0 atom stereocenters. The van der Waals surface area contributed by atoms with Crippen molar-refractivity contribution in [3.8, 4) is 5.75 Å². The van der Waals surface area contributed by atoms with Crippen LogP contribution in [0, 0.1) is 0 Å². The third kappa shape index (κ3) is 4.83. The van der Waals surface area contributed by atoms with Crippen molar-refractivity contribution in [3.05, 3.63) is 52.5 Å². The summed E-state index contributed by atoms with van der Waals surface area (Å²) < 4.78 is 12.6. The summed E-state index contributed by atoms with van der Waals surface area (Å²) in [7, 11) is 1.64. The summed E-state index contributed by atoms with van der Waals surface area (Å²) in [5, 5.41) is 0.709. The van der Waals surface area contributed by atoms with E-state index in [1.165, 1.54) is 11.3 Å². The Morgan fingerprint density at radius 2 is 2.07 bits per heavy atom. The van der Waals surface area contributed by atoms with Gasteiger partial charge in [0, 0.05) is 36.7 Å². The number of ether oxygens (including phenoxy) is 2. The van der Waals surface area contributed by atoms with Crippen molar-refractivity contribution < 1.29 is 14.3 Å². The van der Waals surface area contributed by atoms with E-state index in [1.807, 2.05) is 42.5 Å². The van der Waals surface area contributed by atoms with Gasteiger partial charge in [0.25, 0.3) is 5.91 Å². The fourth-order valence-corrected chi connectivity index (χ4v) is 4.90. The van der Waals surface area contributed by atoms with Crippen LogP contribution in [-0.4, -0.2) is 62.3 Å². The molecule has 0 N–H and O–H groups in total. The number of thiazole rings is 1. The van der Waals surface area contributed by atoms with E-state index >= 15 is 0 Å². The molecule has 1 aromatic heterocycles. The normalized spacial score (nSPS) is 14.7. The number of aromatic nitrogens is 1. The Bertz CT molecular complexity index is 1020. The first-order valence-corrected chi connectivity index (χ1v) is 11.6. The fourth-order valence-electron chi connectivity index (χ4n) is 3.48. The Morgan fingerprint density at radius 1 is 1.27 bits per heavy atom. The second kappa shape index (κ2) is 9.87. The van der Waals surface area contributed by atoms with Crippen molar-refractivity contribution in [2.75, 3.05) is 51.4 Å². The van der Waals surface area contributed by atoms with Crippen LogP contribution in [0.4, 0.5) is 5.13 Å². The first-order chi connectivity index (χ1) is 14.7. The number of nitrogens with zero attached hydrogens (tertiary/aromatic N) is 3. The van der Waals surface area contributed by atoms with Crippen molar-refractivity contribution >= 4 is 48.5 Å². The van der Waals surface area contributed by atoms with Crippen molar-refractivity contribution in [2.24, 2.45) is 0 Å². The lowest BCUT2D eigenvalue weighted by molar-refractivity contribution is 0.0376. The number of amides is 1. The van der Waals surface area contributed by atoms with E-state index < -0.39 is 0 Å². The zero-order valence-corrected chi connectivity index (χ0v) is 19.2. The highest BCUT2D eigenvalue weighted by Gasteiger charge is 2.23. The molecule has 0 aliphatic carbocycles. The van der Waals surface area contributed by atoms with Gasteiger partial charge in [-0.15, -0.1) is 0 Å². The molecule has 3 aromatic rings. The van der Waals surface area contributed by atoms with Crippen LogP contribution in [0.25, 0.3) is 10.2 Å². The number of hydrogen-bond donors (Lipinski definition) is 0. The zero-order chi connectivity index (χ0) is 20.9. The van der Waals surface area contributed by atoms with Crippen LogP contribution in [0.5, 0.6) is 5.75 Å². The van der Waals surface area contributed by atoms with E-state index in [-0.39, 0.29) is 5.91 Å². The predicted octanol–water partition coefficient (Wildman–Crippen LogP) is 4.44. The Kier molecular flexibility index (Phi) is 6.99. The number of hydrogen-bond acceptors (Lipinski definition) is 6. The van der Waals surface area contributed by atoms with Crippen LogP contribution >= 0.6 is 27.3 Å². The third-order valence-electron chi connectivity index (χ3n) is 5.12. The van der Waals surface area contributed by atoms with Gasteiger partial charge in [0.15, 0.2) is 5.13 Å². The lowest BCUT2D eigenvalue weighted by Crippen LogP contribution is -2.39. The Labute approximate surface area is 188 Å². The molecule has 4 rings (SSSR count). The Balaban J connectivity index is 1.59. The predicted molar refractivity (Wildman–Crippen MR) is 124 cm³/mol. The van der Waals surface area contributed by atoms with Crippen molar-refractivity contribution in [1.29, 1.82) is 0 Å². The molecular formula is C22H24BrN3O3S. The minimum absolute atomic E-state index is 0.0459. The molecule has 0 unspecified atom stereocenters. The summed E-state index contributed by atoms with van der Waals surface area (Å²) in [5.74, 6) is 0.714. The zero-order valence-electron chi connectivity index (χ0n) is 16.8. The number of halogens is 1. The first-order valence-electron chi connectivity index (χ1n) is 9.97. The van der Waals surface area contributed by atoms with E-state index in [0.717, 1.165) is 59.7 Å². The van der Waals surface area contributed by atoms with E-state index in [0.29, 0.717) is 17.2 Å². The molecular weight excluding hydrogens is 466 g/mol. The second-order valence-corrected chi connectivity index (χ2v) is 8.94. The van der Waals surface area contributed by atoms with Crippen molar-refractivity contribution in [1.82, 2.24) is 9.88 Å². The number of benzene rings is 2. The number of methoxy groups -OCH3 is 1. The number of carbonyl (C=O) groups excluding carboxylic acids is 1. The molecule has 1 amide bonds. The molecule has 2 heterocycles. The van der Waals surface area contributed by atoms with Gasteiger partial charge in [0.2, 0.25) is 0 Å². The minimum atomic E-state index is -0.0459. The summed E-state index contributed by atoms with van der Waals surface area (Å²) in [5.41, 5.74) is 1.48. The molecule has 8 heteroatoms. The molecule has 0 saturated carbocycles. The van der Waals surface area contributed by atoms with Crippen LogP contribution in [0.1, 0.15) is 16.8 Å². The highest BCUT2D eigenvalue weighted by molar-refractivity contribution is 9.10. The maximum absolute atomic E-state index is 13.5. The SMILES string of the molecule is COc1ccc2sc(N(CCCN3CCOCC3)C(=O)c3ccccc3Br)nc2c1. The smallest absolute Gasteiger partial charge is 0.261 e. The minimum Gasteiger partial charge on any atom is -0.497 e. The molecule has 0 spiro atoms. The van der Waals surface area contributed by atoms with Gasteiger partial charge < -0.3 is 9.47 Å². The summed E-state index contributed by atoms with van der Waals surface area (Å²) in [6.45, 7) is 4.98. The van der Waals surface area contributed by atoms with Crippen molar-refractivity contribution in [2.45, 2.75) is 6.42 Å². The van der Waals surface area contributed by atoms with Gasteiger partial charge in [0.05, 0.1) is 36.1 Å². The van der Waals surface area contributed by atoms with Gasteiger partial charge in [-0.05, 0) is 46.6 Å². The summed E-state index contributed by atoms with van der Waals surface area (Å²) >= 11 is 5.05.